The van der Waals surface area contributed by atoms with Gasteiger partial charge in [-0.05, 0) is 50.3 Å². The summed E-state index contributed by atoms with van der Waals surface area (Å²) in [5.41, 5.74) is 2.86. The fraction of sp³-hybridized carbons (Fsp3) is 0.381. The van der Waals surface area contributed by atoms with E-state index in [2.05, 4.69) is 21.5 Å². The van der Waals surface area contributed by atoms with Gasteiger partial charge in [-0.1, -0.05) is 0 Å². The molecule has 0 aliphatic carbocycles. The molecule has 0 unspecified atom stereocenters. The molecule has 1 saturated heterocycles. The van der Waals surface area contributed by atoms with Gasteiger partial charge in [-0.3, -0.25) is 9.78 Å². The molecule has 0 atom stereocenters. The zero-order chi connectivity index (χ0) is 18.6. The molecule has 3 aromatic heterocycles. The fourth-order valence-corrected chi connectivity index (χ4v) is 3.77. The van der Waals surface area contributed by atoms with Crippen LogP contribution in [0, 0.1) is 12.8 Å². The SMILES string of the molecule is Cc1cnc(-c2cccnc2)n1CCC1CCN(C(=O)c2ccoc2)CC1. The summed E-state index contributed by atoms with van der Waals surface area (Å²) in [6, 6.07) is 5.72. The first-order valence-corrected chi connectivity index (χ1v) is 9.46. The molecular formula is C21H24N4O2. The van der Waals surface area contributed by atoms with Crippen molar-refractivity contribution in [1.82, 2.24) is 19.4 Å². The number of carbonyl (C=O) groups excluding carboxylic acids is 1. The third-order valence-corrected chi connectivity index (χ3v) is 5.41. The van der Waals surface area contributed by atoms with Crippen LogP contribution in [0.2, 0.25) is 0 Å². The molecule has 3 aromatic rings. The van der Waals surface area contributed by atoms with Gasteiger partial charge in [0.2, 0.25) is 0 Å². The summed E-state index contributed by atoms with van der Waals surface area (Å²) in [7, 11) is 0. The van der Waals surface area contributed by atoms with Gasteiger partial charge in [0.15, 0.2) is 0 Å². The summed E-state index contributed by atoms with van der Waals surface area (Å²) in [5.74, 6) is 1.68. The van der Waals surface area contributed by atoms with Crippen LogP contribution >= 0.6 is 0 Å². The van der Waals surface area contributed by atoms with Gasteiger partial charge in [-0.15, -0.1) is 0 Å². The second-order valence-electron chi connectivity index (χ2n) is 7.15. The highest BCUT2D eigenvalue weighted by atomic mass is 16.3. The number of hydrogen-bond donors (Lipinski definition) is 0. The average molecular weight is 364 g/mol. The quantitative estimate of drug-likeness (QED) is 0.691. The smallest absolute Gasteiger partial charge is 0.257 e. The van der Waals surface area contributed by atoms with Crippen molar-refractivity contribution in [2.24, 2.45) is 5.92 Å². The number of piperidine rings is 1. The minimum absolute atomic E-state index is 0.0755. The van der Waals surface area contributed by atoms with Crippen LogP contribution in [0.1, 0.15) is 35.3 Å². The van der Waals surface area contributed by atoms with Gasteiger partial charge in [0, 0.05) is 49.5 Å². The molecule has 0 bridgehead atoms. The molecule has 6 nitrogen and oxygen atoms in total. The molecule has 0 saturated carbocycles. The molecule has 27 heavy (non-hydrogen) atoms. The Morgan fingerprint density at radius 1 is 1.26 bits per heavy atom. The predicted molar refractivity (Wildman–Crippen MR) is 102 cm³/mol. The number of aromatic nitrogens is 3. The minimum Gasteiger partial charge on any atom is -0.472 e. The van der Waals surface area contributed by atoms with Crippen LogP contribution in [0.5, 0.6) is 0 Å². The number of carbonyl (C=O) groups is 1. The molecule has 0 radical (unpaired) electrons. The molecule has 1 amide bonds. The fourth-order valence-electron chi connectivity index (χ4n) is 3.77. The molecule has 0 aromatic carbocycles. The van der Waals surface area contributed by atoms with Crippen LogP contribution in [0.15, 0.2) is 53.7 Å². The lowest BCUT2D eigenvalue weighted by Crippen LogP contribution is -2.38. The van der Waals surface area contributed by atoms with Gasteiger partial charge in [0.1, 0.15) is 12.1 Å². The van der Waals surface area contributed by atoms with E-state index < -0.39 is 0 Å². The van der Waals surface area contributed by atoms with Crippen LogP contribution < -0.4 is 0 Å². The summed E-state index contributed by atoms with van der Waals surface area (Å²) in [4.78, 5) is 23.1. The van der Waals surface area contributed by atoms with E-state index in [4.69, 9.17) is 4.42 Å². The maximum absolute atomic E-state index is 12.4. The first kappa shape index (κ1) is 17.5. The Morgan fingerprint density at radius 3 is 2.81 bits per heavy atom. The van der Waals surface area contributed by atoms with E-state index in [1.54, 1.807) is 18.5 Å². The number of furan rings is 1. The van der Waals surface area contributed by atoms with Crippen LogP contribution in [0.25, 0.3) is 11.4 Å². The van der Waals surface area contributed by atoms with E-state index in [1.807, 2.05) is 29.4 Å². The van der Waals surface area contributed by atoms with Gasteiger partial charge in [0.25, 0.3) is 5.91 Å². The molecule has 1 aliphatic rings. The largest absolute Gasteiger partial charge is 0.472 e. The standard InChI is InChI=1S/C21H24N4O2/c1-16-13-23-20(18-3-2-8-22-14-18)25(16)11-6-17-4-9-24(10-5-17)21(26)19-7-12-27-15-19/h2-3,7-8,12-15,17H,4-6,9-11H2,1H3. The highest BCUT2D eigenvalue weighted by Gasteiger charge is 2.24. The number of rotatable bonds is 5. The lowest BCUT2D eigenvalue weighted by molar-refractivity contribution is 0.0684. The molecule has 4 rings (SSSR count). The number of likely N-dealkylation sites (tertiary alicyclic amines) is 1. The molecule has 1 aliphatic heterocycles. The Morgan fingerprint density at radius 2 is 2.11 bits per heavy atom. The molecule has 4 heterocycles. The Bertz CT molecular complexity index is 878. The van der Waals surface area contributed by atoms with Crippen molar-refractivity contribution < 1.29 is 9.21 Å². The van der Waals surface area contributed by atoms with Crippen LogP contribution in [-0.2, 0) is 6.54 Å². The van der Waals surface area contributed by atoms with Crippen molar-refractivity contribution in [1.29, 1.82) is 0 Å². The second-order valence-corrected chi connectivity index (χ2v) is 7.15. The predicted octanol–water partition coefficient (Wildman–Crippen LogP) is 3.79. The first-order chi connectivity index (χ1) is 13.2. The molecular weight excluding hydrogens is 340 g/mol. The van der Waals surface area contributed by atoms with Crippen molar-refractivity contribution in [2.75, 3.05) is 13.1 Å². The van der Waals surface area contributed by atoms with Gasteiger partial charge in [-0.25, -0.2) is 4.98 Å². The van der Waals surface area contributed by atoms with E-state index in [0.29, 0.717) is 11.5 Å². The lowest BCUT2D eigenvalue weighted by atomic mass is 9.93. The summed E-state index contributed by atoms with van der Waals surface area (Å²) >= 11 is 0. The highest BCUT2D eigenvalue weighted by Crippen LogP contribution is 2.25. The molecule has 0 N–H and O–H groups in total. The Kier molecular flexibility index (Phi) is 5.05. The minimum atomic E-state index is 0.0755. The third-order valence-electron chi connectivity index (χ3n) is 5.41. The van der Waals surface area contributed by atoms with Crippen LogP contribution in [0.4, 0.5) is 0 Å². The number of imidazole rings is 1. The topological polar surface area (TPSA) is 64.2 Å². The summed E-state index contributed by atoms with van der Waals surface area (Å²) in [6.45, 7) is 4.66. The number of aryl methyl sites for hydroxylation is 1. The van der Waals surface area contributed by atoms with Gasteiger partial charge in [-0.2, -0.15) is 0 Å². The first-order valence-electron chi connectivity index (χ1n) is 9.46. The number of amides is 1. The van der Waals surface area contributed by atoms with Crippen LogP contribution in [0.3, 0.4) is 0 Å². The van der Waals surface area contributed by atoms with Crippen molar-refractivity contribution in [2.45, 2.75) is 32.7 Å². The van der Waals surface area contributed by atoms with Gasteiger partial charge >= 0.3 is 0 Å². The Labute approximate surface area is 158 Å². The molecule has 0 spiro atoms. The van der Waals surface area contributed by atoms with Gasteiger partial charge in [0.05, 0.1) is 11.8 Å². The van der Waals surface area contributed by atoms with E-state index in [-0.39, 0.29) is 5.91 Å². The van der Waals surface area contributed by atoms with E-state index in [9.17, 15) is 4.79 Å². The van der Waals surface area contributed by atoms with E-state index in [0.717, 1.165) is 50.3 Å². The zero-order valence-corrected chi connectivity index (χ0v) is 15.5. The number of hydrogen-bond acceptors (Lipinski definition) is 4. The normalized spacial score (nSPS) is 15.2. The second kappa shape index (κ2) is 7.78. The van der Waals surface area contributed by atoms with E-state index >= 15 is 0 Å². The lowest BCUT2D eigenvalue weighted by Gasteiger charge is -2.32. The summed E-state index contributed by atoms with van der Waals surface area (Å²) in [6.07, 6.45) is 11.8. The Balaban J connectivity index is 1.35. The maximum atomic E-state index is 12.4. The van der Waals surface area contributed by atoms with Crippen molar-refractivity contribution in [3.05, 3.63) is 60.6 Å². The molecule has 1 fully saturated rings. The highest BCUT2D eigenvalue weighted by molar-refractivity contribution is 5.93. The zero-order valence-electron chi connectivity index (χ0n) is 15.5. The number of nitrogens with zero attached hydrogens (tertiary/aromatic N) is 4. The molecule has 6 heteroatoms. The molecule has 140 valence electrons. The maximum Gasteiger partial charge on any atom is 0.257 e. The van der Waals surface area contributed by atoms with Crippen molar-refractivity contribution in [3.63, 3.8) is 0 Å². The van der Waals surface area contributed by atoms with E-state index in [1.165, 1.54) is 12.0 Å². The van der Waals surface area contributed by atoms with Crippen molar-refractivity contribution in [3.8, 4) is 11.4 Å². The Hall–Kier alpha value is -2.89. The van der Waals surface area contributed by atoms with Crippen molar-refractivity contribution >= 4 is 5.91 Å². The summed E-state index contributed by atoms with van der Waals surface area (Å²) < 4.78 is 7.30. The van der Waals surface area contributed by atoms with Crippen LogP contribution in [-0.4, -0.2) is 38.4 Å². The van der Waals surface area contributed by atoms with Gasteiger partial charge < -0.3 is 13.9 Å². The third kappa shape index (κ3) is 3.79. The summed E-state index contributed by atoms with van der Waals surface area (Å²) in [5, 5.41) is 0. The number of pyridine rings is 1. The average Bonchev–Trinajstić information content (AvgIpc) is 3.37. The monoisotopic (exact) mass is 364 g/mol.